The molecule has 0 spiro atoms. The average molecular weight is 471 g/mol. The van der Waals surface area contributed by atoms with Crippen molar-refractivity contribution in [2.45, 2.75) is 20.0 Å². The number of methoxy groups -OCH3 is 1. The molecule has 0 bridgehead atoms. The quantitative estimate of drug-likeness (QED) is 0.562. The number of hydrogen-bond donors (Lipinski definition) is 2. The lowest BCUT2D eigenvalue weighted by molar-refractivity contribution is -0.144. The van der Waals surface area contributed by atoms with Crippen LogP contribution in [-0.4, -0.2) is 52.8 Å². The van der Waals surface area contributed by atoms with Gasteiger partial charge in [-0.25, -0.2) is 4.79 Å². The summed E-state index contributed by atoms with van der Waals surface area (Å²) in [6.45, 7) is 2.87. The maximum Gasteiger partial charge on any atom is 0.344 e. The molecule has 0 aliphatic carbocycles. The van der Waals surface area contributed by atoms with E-state index in [1.807, 2.05) is 13.0 Å². The Kier molecular flexibility index (Phi) is 7.39. The van der Waals surface area contributed by atoms with E-state index in [9.17, 15) is 19.2 Å². The molecule has 2 N–H and O–H groups in total. The monoisotopic (exact) mass is 470 g/mol. The van der Waals surface area contributed by atoms with Crippen LogP contribution in [-0.2, 0) is 14.4 Å². The van der Waals surface area contributed by atoms with E-state index in [1.54, 1.807) is 30.3 Å². The van der Waals surface area contributed by atoms with Gasteiger partial charge >= 0.3 is 5.97 Å². The first-order valence-electron chi connectivity index (χ1n) is 9.87. The summed E-state index contributed by atoms with van der Waals surface area (Å²) < 4.78 is 10.6. The van der Waals surface area contributed by atoms with E-state index in [1.165, 1.54) is 26.2 Å². The van der Waals surface area contributed by atoms with Crippen molar-refractivity contribution in [1.29, 1.82) is 0 Å². The van der Waals surface area contributed by atoms with Gasteiger partial charge in [0, 0.05) is 5.69 Å². The maximum atomic E-state index is 12.7. The fourth-order valence-electron chi connectivity index (χ4n) is 2.97. The van der Waals surface area contributed by atoms with Crippen molar-refractivity contribution in [2.24, 2.45) is 0 Å². The van der Waals surface area contributed by atoms with Crippen LogP contribution in [0.3, 0.4) is 0 Å². The predicted molar refractivity (Wildman–Crippen MR) is 123 cm³/mol. The third-order valence-corrected chi connectivity index (χ3v) is 5.52. The van der Waals surface area contributed by atoms with Crippen LogP contribution in [0, 0.1) is 6.92 Å². The first kappa shape index (κ1) is 23.9. The number of nitrogens with one attached hydrogen (secondary N) is 1. The number of aliphatic carboxylic acids is 1. The molecule has 1 fully saturated rings. The molecule has 0 saturated carbocycles. The lowest BCUT2D eigenvalue weighted by Gasteiger charge is -2.14. The number of rotatable bonds is 8. The molecule has 2 aromatic rings. The minimum Gasteiger partial charge on any atom is -0.493 e. The second-order valence-electron chi connectivity index (χ2n) is 7.19. The first-order valence-corrected chi connectivity index (χ1v) is 10.7. The Bertz CT molecular complexity index is 1150. The number of ether oxygens (including phenoxy) is 2. The lowest BCUT2D eigenvalue weighted by atomic mass is 10.1. The summed E-state index contributed by atoms with van der Waals surface area (Å²) in [7, 11) is 1.40. The smallest absolute Gasteiger partial charge is 0.344 e. The van der Waals surface area contributed by atoms with Crippen molar-refractivity contribution < 1.29 is 33.8 Å². The Balaban J connectivity index is 1.72. The van der Waals surface area contributed by atoms with Crippen LogP contribution in [0.25, 0.3) is 6.08 Å². The van der Waals surface area contributed by atoms with Crippen molar-refractivity contribution in [3.63, 3.8) is 0 Å². The predicted octanol–water partition coefficient (Wildman–Crippen LogP) is 3.53. The van der Waals surface area contributed by atoms with E-state index in [2.05, 4.69) is 5.32 Å². The average Bonchev–Trinajstić information content (AvgIpc) is 3.01. The number of carboxylic acids is 1. The van der Waals surface area contributed by atoms with E-state index < -0.39 is 35.7 Å². The highest BCUT2D eigenvalue weighted by Crippen LogP contribution is 2.34. The van der Waals surface area contributed by atoms with Gasteiger partial charge in [-0.2, -0.15) is 0 Å². The van der Waals surface area contributed by atoms with E-state index in [-0.39, 0.29) is 16.4 Å². The van der Waals surface area contributed by atoms with Crippen molar-refractivity contribution in [2.75, 3.05) is 19.0 Å². The number of benzene rings is 2. The molecule has 1 atom stereocenters. The van der Waals surface area contributed by atoms with Gasteiger partial charge in [0.25, 0.3) is 11.1 Å². The zero-order valence-corrected chi connectivity index (χ0v) is 19.0. The van der Waals surface area contributed by atoms with Gasteiger partial charge < -0.3 is 19.9 Å². The van der Waals surface area contributed by atoms with Gasteiger partial charge in [-0.3, -0.25) is 19.3 Å². The van der Waals surface area contributed by atoms with Crippen LogP contribution >= 0.6 is 11.8 Å². The minimum atomic E-state index is -1.12. The zero-order chi connectivity index (χ0) is 24.1. The second kappa shape index (κ2) is 10.2. The van der Waals surface area contributed by atoms with Gasteiger partial charge in [0.1, 0.15) is 6.54 Å². The van der Waals surface area contributed by atoms with Crippen molar-refractivity contribution >= 4 is 46.5 Å². The van der Waals surface area contributed by atoms with Crippen LogP contribution in [0.4, 0.5) is 10.5 Å². The summed E-state index contributed by atoms with van der Waals surface area (Å²) in [5.41, 5.74) is 2.08. The number of aryl methyl sites for hydroxylation is 1. The van der Waals surface area contributed by atoms with Crippen LogP contribution in [0.1, 0.15) is 18.1 Å². The van der Waals surface area contributed by atoms with E-state index in [4.69, 9.17) is 14.6 Å². The molecule has 0 aromatic heterocycles. The maximum absolute atomic E-state index is 12.7. The number of carbonyl (C=O) groups is 4. The number of imide groups is 1. The van der Waals surface area contributed by atoms with Crippen LogP contribution in [0.2, 0.25) is 0 Å². The fourth-order valence-corrected chi connectivity index (χ4v) is 3.81. The van der Waals surface area contributed by atoms with Crippen LogP contribution in [0.5, 0.6) is 11.5 Å². The third kappa shape index (κ3) is 5.92. The molecule has 33 heavy (non-hydrogen) atoms. The molecule has 2 aromatic carbocycles. The topological polar surface area (TPSA) is 122 Å². The fraction of sp³-hybridized carbons (Fsp3) is 0.217. The lowest BCUT2D eigenvalue weighted by Crippen LogP contribution is -2.36. The van der Waals surface area contributed by atoms with E-state index in [0.717, 1.165) is 22.2 Å². The Morgan fingerprint density at radius 1 is 1.18 bits per heavy atom. The highest BCUT2D eigenvalue weighted by molar-refractivity contribution is 8.18. The Hall–Kier alpha value is -3.79. The van der Waals surface area contributed by atoms with Gasteiger partial charge in [0.05, 0.1) is 12.0 Å². The van der Waals surface area contributed by atoms with Gasteiger partial charge in [-0.15, -0.1) is 0 Å². The standard InChI is InChI=1S/C23H22N2O7S/c1-13-5-4-6-16(9-13)24-20(26)12-25-21(27)19(33-23(25)30)11-15-7-8-17(18(10-15)31-3)32-14(2)22(28)29/h4-11,14H,12H2,1-3H3,(H,24,26)(H,28,29)/b19-11+. The molecule has 172 valence electrons. The summed E-state index contributed by atoms with van der Waals surface area (Å²) in [5.74, 6) is -1.69. The molecule has 0 radical (unpaired) electrons. The van der Waals surface area contributed by atoms with Crippen LogP contribution < -0.4 is 14.8 Å². The highest BCUT2D eigenvalue weighted by atomic mass is 32.2. The molecule has 1 aliphatic heterocycles. The molecule has 1 saturated heterocycles. The number of amides is 3. The van der Waals surface area contributed by atoms with Gasteiger partial charge in [-0.05, 0) is 67.1 Å². The molecule has 1 aliphatic rings. The van der Waals surface area contributed by atoms with Gasteiger partial charge in [0.2, 0.25) is 5.91 Å². The number of carbonyl (C=O) groups excluding carboxylic acids is 3. The van der Waals surface area contributed by atoms with Crippen molar-refractivity contribution in [3.05, 3.63) is 58.5 Å². The summed E-state index contributed by atoms with van der Waals surface area (Å²) >= 11 is 0.728. The van der Waals surface area contributed by atoms with E-state index >= 15 is 0 Å². The van der Waals surface area contributed by atoms with E-state index in [0.29, 0.717) is 11.3 Å². The first-order chi connectivity index (χ1) is 15.7. The van der Waals surface area contributed by atoms with Crippen LogP contribution in [0.15, 0.2) is 47.4 Å². The largest absolute Gasteiger partial charge is 0.493 e. The summed E-state index contributed by atoms with van der Waals surface area (Å²) in [4.78, 5) is 49.4. The summed E-state index contributed by atoms with van der Waals surface area (Å²) in [6.07, 6.45) is 0.420. The molecular weight excluding hydrogens is 448 g/mol. The molecule has 3 rings (SSSR count). The normalized spacial score (nSPS) is 15.5. The number of hydrogen-bond acceptors (Lipinski definition) is 7. The highest BCUT2D eigenvalue weighted by Gasteiger charge is 2.36. The number of nitrogens with zero attached hydrogens (tertiary/aromatic N) is 1. The Labute approximate surface area is 194 Å². The Morgan fingerprint density at radius 3 is 2.61 bits per heavy atom. The van der Waals surface area contributed by atoms with Crippen molar-refractivity contribution in [3.8, 4) is 11.5 Å². The van der Waals surface area contributed by atoms with Gasteiger partial charge in [0.15, 0.2) is 17.6 Å². The summed E-state index contributed by atoms with van der Waals surface area (Å²) in [5, 5.41) is 11.1. The molecule has 3 amide bonds. The molecule has 10 heteroatoms. The minimum absolute atomic E-state index is 0.151. The molecule has 9 nitrogen and oxygen atoms in total. The zero-order valence-electron chi connectivity index (χ0n) is 18.2. The third-order valence-electron chi connectivity index (χ3n) is 4.61. The second-order valence-corrected chi connectivity index (χ2v) is 8.19. The summed E-state index contributed by atoms with van der Waals surface area (Å²) in [6, 6.07) is 11.9. The number of thioether (sulfide) groups is 1. The van der Waals surface area contributed by atoms with Gasteiger partial charge in [-0.1, -0.05) is 18.2 Å². The number of carboxylic acid groups (broad SMARTS) is 1. The molecule has 1 unspecified atom stereocenters. The molecule has 1 heterocycles. The molecular formula is C23H22N2O7S. The SMILES string of the molecule is COc1cc(/C=C2/SC(=O)N(CC(=O)Nc3cccc(C)c3)C2=O)ccc1OC(C)C(=O)O. The Morgan fingerprint density at radius 2 is 1.94 bits per heavy atom. The van der Waals surface area contributed by atoms with Crippen molar-refractivity contribution in [1.82, 2.24) is 4.90 Å². The number of anilines is 1.